The van der Waals surface area contributed by atoms with E-state index in [4.69, 9.17) is 0 Å². The van der Waals surface area contributed by atoms with Crippen LogP contribution in [0.3, 0.4) is 0 Å². The quantitative estimate of drug-likeness (QED) is 0.722. The van der Waals surface area contributed by atoms with Crippen molar-refractivity contribution in [3.63, 3.8) is 0 Å². The number of anilines is 1. The predicted molar refractivity (Wildman–Crippen MR) is 112 cm³/mol. The highest BCUT2D eigenvalue weighted by molar-refractivity contribution is 7.99. The van der Waals surface area contributed by atoms with Gasteiger partial charge in [-0.05, 0) is 55.7 Å². The van der Waals surface area contributed by atoms with Gasteiger partial charge in [0.1, 0.15) is 0 Å². The standard InChI is InChI=1S/C19H24N2O3S3/c1-14(2)21(13-16-6-4-10-25-16)27(23,24)17-7-8-19-18(12-17)20(15(3)22)9-5-11-26-19/h4,6-8,10,12,14H,5,9,11,13H2,1-3H3. The van der Waals surface area contributed by atoms with Crippen LogP contribution in [0, 0.1) is 0 Å². The minimum absolute atomic E-state index is 0.0624. The third-order valence-electron chi connectivity index (χ3n) is 4.46. The Hall–Kier alpha value is -1.35. The Bertz CT molecular complexity index is 908. The zero-order valence-corrected chi connectivity index (χ0v) is 18.2. The molecule has 1 aliphatic rings. The molecular weight excluding hydrogens is 400 g/mol. The average Bonchev–Trinajstić information content (AvgIpc) is 3.03. The van der Waals surface area contributed by atoms with Crippen LogP contribution in [0.4, 0.5) is 5.69 Å². The van der Waals surface area contributed by atoms with Gasteiger partial charge in [-0.15, -0.1) is 23.1 Å². The van der Waals surface area contributed by atoms with E-state index in [1.165, 1.54) is 11.2 Å². The number of fused-ring (bicyclic) bond motifs is 1. The lowest BCUT2D eigenvalue weighted by atomic mass is 10.2. The molecule has 1 aromatic carbocycles. The summed E-state index contributed by atoms with van der Waals surface area (Å²) in [5.41, 5.74) is 0.700. The second-order valence-electron chi connectivity index (χ2n) is 6.73. The molecular formula is C19H24N2O3S3. The highest BCUT2D eigenvalue weighted by atomic mass is 32.2. The van der Waals surface area contributed by atoms with Crippen LogP contribution in [0.2, 0.25) is 0 Å². The molecule has 0 unspecified atom stereocenters. The van der Waals surface area contributed by atoms with E-state index in [1.54, 1.807) is 40.1 Å². The Morgan fingerprint density at radius 1 is 1.30 bits per heavy atom. The normalized spacial score (nSPS) is 15.1. The molecule has 27 heavy (non-hydrogen) atoms. The van der Waals surface area contributed by atoms with Gasteiger partial charge >= 0.3 is 0 Å². The minimum Gasteiger partial charge on any atom is -0.311 e. The molecule has 0 saturated heterocycles. The Morgan fingerprint density at radius 3 is 2.70 bits per heavy atom. The second-order valence-corrected chi connectivity index (χ2v) is 10.8. The number of rotatable bonds is 5. The first-order chi connectivity index (χ1) is 12.8. The number of nitrogens with zero attached hydrogens (tertiary/aromatic N) is 2. The maximum atomic E-state index is 13.4. The van der Waals surface area contributed by atoms with Crippen LogP contribution in [-0.4, -0.2) is 37.0 Å². The van der Waals surface area contributed by atoms with Gasteiger partial charge in [0.05, 0.1) is 10.6 Å². The number of hydrogen-bond acceptors (Lipinski definition) is 5. The number of carbonyl (C=O) groups excluding carboxylic acids is 1. The van der Waals surface area contributed by atoms with Crippen LogP contribution in [0.5, 0.6) is 0 Å². The lowest BCUT2D eigenvalue weighted by Gasteiger charge is -2.27. The molecule has 8 heteroatoms. The predicted octanol–water partition coefficient (Wildman–Crippen LogP) is 4.20. The Kier molecular flexibility index (Phi) is 6.30. The highest BCUT2D eigenvalue weighted by Crippen LogP contribution is 2.36. The second kappa shape index (κ2) is 8.34. The maximum Gasteiger partial charge on any atom is 0.243 e. The van der Waals surface area contributed by atoms with E-state index >= 15 is 0 Å². The summed E-state index contributed by atoms with van der Waals surface area (Å²) in [5.74, 6) is 0.854. The molecule has 0 aliphatic carbocycles. The van der Waals surface area contributed by atoms with Gasteiger partial charge < -0.3 is 4.90 Å². The van der Waals surface area contributed by atoms with E-state index < -0.39 is 10.0 Å². The average molecular weight is 425 g/mol. The largest absolute Gasteiger partial charge is 0.311 e. The van der Waals surface area contributed by atoms with Gasteiger partial charge in [0.15, 0.2) is 0 Å². The van der Waals surface area contributed by atoms with Gasteiger partial charge in [0.25, 0.3) is 0 Å². The van der Waals surface area contributed by atoms with Crippen LogP contribution in [-0.2, 0) is 21.4 Å². The minimum atomic E-state index is -3.68. The van der Waals surface area contributed by atoms with Gasteiger partial charge in [-0.3, -0.25) is 4.79 Å². The van der Waals surface area contributed by atoms with E-state index in [0.29, 0.717) is 18.8 Å². The Morgan fingerprint density at radius 2 is 2.07 bits per heavy atom. The molecule has 1 aliphatic heterocycles. The number of carbonyl (C=O) groups is 1. The molecule has 0 atom stereocenters. The van der Waals surface area contributed by atoms with Crippen molar-refractivity contribution in [3.05, 3.63) is 40.6 Å². The zero-order chi connectivity index (χ0) is 19.6. The van der Waals surface area contributed by atoms with Gasteiger partial charge in [-0.1, -0.05) is 6.07 Å². The van der Waals surface area contributed by atoms with Crippen LogP contribution >= 0.6 is 23.1 Å². The van der Waals surface area contributed by atoms with Crippen molar-refractivity contribution in [2.75, 3.05) is 17.2 Å². The number of sulfonamides is 1. The summed E-state index contributed by atoms with van der Waals surface area (Å²) in [6.07, 6.45) is 0.886. The van der Waals surface area contributed by atoms with E-state index in [-0.39, 0.29) is 16.8 Å². The van der Waals surface area contributed by atoms with Crippen LogP contribution in [0.15, 0.2) is 45.5 Å². The highest BCUT2D eigenvalue weighted by Gasteiger charge is 2.29. The molecule has 146 valence electrons. The molecule has 1 aromatic heterocycles. The number of thiophene rings is 1. The van der Waals surface area contributed by atoms with Crippen molar-refractivity contribution in [2.45, 2.75) is 49.6 Å². The topological polar surface area (TPSA) is 57.7 Å². The Labute approximate surface area is 169 Å². The lowest BCUT2D eigenvalue weighted by Crippen LogP contribution is -2.36. The first kappa shape index (κ1) is 20.4. The summed E-state index contributed by atoms with van der Waals surface area (Å²) in [5, 5.41) is 1.95. The Balaban J connectivity index is 2.02. The van der Waals surface area contributed by atoms with Gasteiger partial charge in [0.2, 0.25) is 15.9 Å². The van der Waals surface area contributed by atoms with Gasteiger partial charge in [0, 0.05) is 35.8 Å². The smallest absolute Gasteiger partial charge is 0.243 e. The molecule has 1 amide bonds. The zero-order valence-electron chi connectivity index (χ0n) is 15.7. The molecule has 0 radical (unpaired) electrons. The summed E-state index contributed by atoms with van der Waals surface area (Å²) < 4.78 is 28.3. The molecule has 0 saturated carbocycles. The third kappa shape index (κ3) is 4.39. The fourth-order valence-corrected chi connectivity index (χ4v) is 6.47. The molecule has 0 N–H and O–H groups in total. The molecule has 2 heterocycles. The van der Waals surface area contributed by atoms with Crippen molar-refractivity contribution >= 4 is 44.7 Å². The van der Waals surface area contributed by atoms with Gasteiger partial charge in [-0.2, -0.15) is 4.31 Å². The summed E-state index contributed by atoms with van der Waals surface area (Å²) in [7, 11) is -3.68. The van der Waals surface area contributed by atoms with Crippen LogP contribution in [0.25, 0.3) is 0 Å². The van der Waals surface area contributed by atoms with Gasteiger partial charge in [-0.25, -0.2) is 8.42 Å². The molecule has 0 bridgehead atoms. The van der Waals surface area contributed by atoms with E-state index in [1.807, 2.05) is 37.4 Å². The molecule has 5 nitrogen and oxygen atoms in total. The number of benzene rings is 1. The van der Waals surface area contributed by atoms with E-state index in [9.17, 15) is 13.2 Å². The van der Waals surface area contributed by atoms with Crippen molar-refractivity contribution < 1.29 is 13.2 Å². The lowest BCUT2D eigenvalue weighted by molar-refractivity contribution is -0.116. The SMILES string of the molecule is CC(=O)N1CCCSc2ccc(S(=O)(=O)N(Cc3cccs3)C(C)C)cc21. The summed E-state index contributed by atoms with van der Waals surface area (Å²) in [6, 6.07) is 8.85. The molecule has 2 aromatic rings. The van der Waals surface area contributed by atoms with Crippen molar-refractivity contribution in [1.29, 1.82) is 0 Å². The fourth-order valence-electron chi connectivity index (χ4n) is 3.08. The molecule has 3 rings (SSSR count). The first-order valence-electron chi connectivity index (χ1n) is 8.90. The first-order valence-corrected chi connectivity index (χ1v) is 12.2. The third-order valence-corrected chi connectivity index (χ3v) is 8.49. The van der Waals surface area contributed by atoms with Crippen LogP contribution in [0.1, 0.15) is 32.1 Å². The molecule has 0 fully saturated rings. The fraction of sp³-hybridized carbons (Fsp3) is 0.421. The maximum absolute atomic E-state index is 13.4. The van der Waals surface area contributed by atoms with Crippen molar-refractivity contribution in [1.82, 2.24) is 4.31 Å². The monoisotopic (exact) mass is 424 g/mol. The molecule has 0 spiro atoms. The summed E-state index contributed by atoms with van der Waals surface area (Å²) >= 11 is 3.22. The van der Waals surface area contributed by atoms with Crippen LogP contribution < -0.4 is 4.90 Å². The summed E-state index contributed by atoms with van der Waals surface area (Å²) in [4.78, 5) is 16.0. The summed E-state index contributed by atoms with van der Waals surface area (Å²) in [6.45, 7) is 6.25. The van der Waals surface area contributed by atoms with E-state index in [0.717, 1.165) is 21.9 Å². The number of hydrogen-bond donors (Lipinski definition) is 0. The number of thioether (sulfide) groups is 1. The van der Waals surface area contributed by atoms with Crippen molar-refractivity contribution in [3.8, 4) is 0 Å². The van der Waals surface area contributed by atoms with E-state index in [2.05, 4.69) is 0 Å². The number of amides is 1. The van der Waals surface area contributed by atoms with Crippen molar-refractivity contribution in [2.24, 2.45) is 0 Å².